The Kier molecular flexibility index (Phi) is 41.3. The number of hydrogen-bond donors (Lipinski definition) is 2. The lowest BCUT2D eigenvalue weighted by Gasteiger charge is -1.48. The van der Waals surface area contributed by atoms with Crippen molar-refractivity contribution in [2.75, 3.05) is 0 Å². The van der Waals surface area contributed by atoms with Crippen LogP contribution < -0.4 is 4.91 Å². The molecule has 0 spiro atoms. The number of rotatable bonds is 0. The Balaban J connectivity index is 0. The summed E-state index contributed by atoms with van der Waals surface area (Å²) in [6.45, 7) is 4.25. The van der Waals surface area contributed by atoms with Gasteiger partial charge in [0.05, 0.1) is 0 Å². The van der Waals surface area contributed by atoms with E-state index in [-0.39, 0.29) is 0 Å². The van der Waals surface area contributed by atoms with E-state index in [1.54, 1.807) is 0 Å². The van der Waals surface area contributed by atoms with Gasteiger partial charge >= 0.3 is 0 Å². The van der Waals surface area contributed by atoms with Gasteiger partial charge in [-0.2, -0.15) is 0 Å². The molecule has 0 amide bonds. The van der Waals surface area contributed by atoms with Crippen LogP contribution in [0.5, 0.6) is 0 Å². The summed E-state index contributed by atoms with van der Waals surface area (Å²) in [5, 5.41) is 0. The van der Waals surface area contributed by atoms with E-state index in [9.17, 15) is 0 Å². The molecule has 0 unspecified atom stereocenters. The Morgan fingerprint density at radius 2 is 1.33 bits per heavy atom. The first-order chi connectivity index (χ1) is 2.83. The van der Waals surface area contributed by atoms with E-state index >= 15 is 0 Å². The molecule has 0 rings (SSSR count). The van der Waals surface area contributed by atoms with Gasteiger partial charge < -0.3 is 0 Å². The number of nitrogens with zero attached hydrogens (tertiary/aromatic N) is 1. The summed E-state index contributed by atoms with van der Waals surface area (Å²) >= 11 is 0. The van der Waals surface area contributed by atoms with Crippen molar-refractivity contribution in [3.05, 3.63) is 0 Å². The maximum atomic E-state index is 5.50. The summed E-state index contributed by atoms with van der Waals surface area (Å²) in [6.07, 6.45) is 1.25. The van der Waals surface area contributed by atoms with Crippen LogP contribution in [-0.2, 0) is 0 Å². The Labute approximate surface area is 37.4 Å². The molecule has 0 aliphatic heterocycles. The molecule has 36 valence electrons. The molecule has 0 saturated heterocycles. The minimum Gasteiger partial charge on any atom is -0.0656 e. The summed E-state index contributed by atoms with van der Waals surface area (Å²) in [6, 6.07) is 0. The molecule has 0 atom stereocenters. The molecule has 3 nitrogen and oxygen atoms in total. The lowest BCUT2D eigenvalue weighted by Crippen LogP contribution is -1.27. The molecule has 0 aliphatic carbocycles. The maximum Gasteiger partial charge on any atom is 0.211 e. The fourth-order valence-corrected chi connectivity index (χ4v) is 0. The zero-order valence-corrected chi connectivity index (χ0v) is 4.15. The van der Waals surface area contributed by atoms with Gasteiger partial charge in [0.25, 0.3) is 0 Å². The Morgan fingerprint density at radius 3 is 1.33 bits per heavy atom. The highest BCUT2D eigenvalue weighted by molar-refractivity contribution is 3.92. The van der Waals surface area contributed by atoms with E-state index in [0.717, 1.165) is 0 Å². The van der Waals surface area contributed by atoms with E-state index in [1.807, 2.05) is 4.91 Å². The number of hydrogen-bond acceptors (Lipinski definition) is 2. The van der Waals surface area contributed by atoms with E-state index < -0.39 is 0 Å². The molecule has 0 fully saturated rings. The van der Waals surface area contributed by atoms with Crippen LogP contribution in [0.15, 0.2) is 0 Å². The molecule has 0 saturated carbocycles. The molecule has 0 radical (unpaired) electrons. The zero-order valence-electron chi connectivity index (χ0n) is 4.15. The maximum absolute atomic E-state index is 5.50. The zero-order chi connectivity index (χ0) is 5.41. The molecule has 0 aromatic rings. The van der Waals surface area contributed by atoms with Crippen LogP contribution in [0, 0.1) is 11.1 Å². The van der Waals surface area contributed by atoms with Gasteiger partial charge in [0, 0.05) is 0 Å². The van der Waals surface area contributed by atoms with Crippen LogP contribution in [0.3, 0.4) is 0 Å². The first-order valence-corrected chi connectivity index (χ1v) is 1.86. The molecule has 3 heteroatoms. The molecule has 2 N–H and O–H groups in total. The molecular formula is C3H10N3+. The molecule has 0 aromatic heterocycles. The van der Waals surface area contributed by atoms with Gasteiger partial charge in [-0.1, -0.05) is 20.3 Å². The predicted octanol–water partition coefficient (Wildman–Crippen LogP) is 1.53. The van der Waals surface area contributed by atoms with Gasteiger partial charge in [-0.25, -0.2) is 0 Å². The van der Waals surface area contributed by atoms with Gasteiger partial charge in [0.1, 0.15) is 11.1 Å². The van der Waals surface area contributed by atoms with Gasteiger partial charge in [0.2, 0.25) is 4.91 Å². The first kappa shape index (κ1) is 9.00. The third-order valence-electron chi connectivity index (χ3n) is 0. The molecule has 0 aromatic carbocycles. The topological polar surface area (TPSA) is 61.8 Å². The fraction of sp³-hybridized carbons (Fsp3) is 1.00. The second-order valence-corrected chi connectivity index (χ2v) is 0.819. The highest BCUT2D eigenvalue weighted by Gasteiger charge is 1.35. The fourth-order valence-electron chi connectivity index (χ4n) is 0. The highest BCUT2D eigenvalue weighted by Crippen LogP contribution is 1.56. The third kappa shape index (κ3) is 37.1. The van der Waals surface area contributed by atoms with Crippen molar-refractivity contribution in [3.8, 4) is 0 Å². The minimum absolute atomic E-state index is 1.25. The third-order valence-corrected chi connectivity index (χ3v) is 0. The van der Waals surface area contributed by atoms with Crippen LogP contribution in [0.4, 0.5) is 0 Å². The van der Waals surface area contributed by atoms with Crippen molar-refractivity contribution in [2.45, 2.75) is 20.3 Å². The van der Waals surface area contributed by atoms with Crippen molar-refractivity contribution in [1.82, 2.24) is 4.91 Å². The molecule has 0 heterocycles. The van der Waals surface area contributed by atoms with Crippen LogP contribution in [0.2, 0.25) is 0 Å². The second kappa shape index (κ2) is 27.5. The van der Waals surface area contributed by atoms with E-state index in [2.05, 4.69) is 13.8 Å². The van der Waals surface area contributed by atoms with Crippen molar-refractivity contribution >= 4 is 0 Å². The number of nitrogens with one attached hydrogen (secondary N) is 2. The first-order valence-electron chi connectivity index (χ1n) is 1.86. The van der Waals surface area contributed by atoms with E-state index in [4.69, 9.17) is 11.1 Å². The molecule has 0 aliphatic rings. The largest absolute Gasteiger partial charge is 0.211 e. The lowest BCUT2D eigenvalue weighted by atomic mass is 10.6. The Morgan fingerprint density at radius 1 is 1.33 bits per heavy atom. The smallest absolute Gasteiger partial charge is 0.0656 e. The molecule has 6 heavy (non-hydrogen) atoms. The van der Waals surface area contributed by atoms with Gasteiger partial charge in [0.15, 0.2) is 0 Å². The molecule has 0 bridgehead atoms. The quantitative estimate of drug-likeness (QED) is 0.333. The van der Waals surface area contributed by atoms with Crippen molar-refractivity contribution in [3.63, 3.8) is 0 Å². The Hall–Kier alpha value is -0.690. The average Bonchev–Trinajstić information content (AvgIpc) is 1.39. The summed E-state index contributed by atoms with van der Waals surface area (Å²) in [4.78, 5) is 2.00. The normalized spacial score (nSPS) is 4.33. The second-order valence-electron chi connectivity index (χ2n) is 0.819. The van der Waals surface area contributed by atoms with E-state index in [0.29, 0.717) is 0 Å². The summed E-state index contributed by atoms with van der Waals surface area (Å²) in [7, 11) is 0. The summed E-state index contributed by atoms with van der Waals surface area (Å²) in [5.41, 5.74) is 11.0. The van der Waals surface area contributed by atoms with Crippen molar-refractivity contribution in [1.29, 1.82) is 11.1 Å². The monoisotopic (exact) mass is 88.1 g/mol. The van der Waals surface area contributed by atoms with Gasteiger partial charge in [-0.15, -0.1) is 0 Å². The highest BCUT2D eigenvalue weighted by atomic mass is 15.0. The van der Waals surface area contributed by atoms with E-state index in [1.165, 1.54) is 6.42 Å². The van der Waals surface area contributed by atoms with Crippen LogP contribution in [0.25, 0.3) is 0 Å². The van der Waals surface area contributed by atoms with Crippen molar-refractivity contribution < 1.29 is 0 Å². The average molecular weight is 88.1 g/mol. The van der Waals surface area contributed by atoms with Crippen LogP contribution in [0.1, 0.15) is 20.3 Å². The summed E-state index contributed by atoms with van der Waals surface area (Å²) < 4.78 is 0. The standard InChI is InChI=1S/C3H8.H2N3/c2*1-3-2/h3H2,1-2H3;1-2H/q;+1. The summed E-state index contributed by atoms with van der Waals surface area (Å²) in [5.74, 6) is 0. The SMILES string of the molecule is CCC.N=[N+]=N. The van der Waals surface area contributed by atoms with Gasteiger partial charge in [-0.05, 0) is 0 Å². The lowest BCUT2D eigenvalue weighted by molar-refractivity contribution is 0.928. The van der Waals surface area contributed by atoms with Crippen molar-refractivity contribution in [2.24, 2.45) is 0 Å². The van der Waals surface area contributed by atoms with Crippen LogP contribution >= 0.6 is 0 Å². The minimum atomic E-state index is 1.25. The van der Waals surface area contributed by atoms with Crippen LogP contribution in [-0.4, -0.2) is 0 Å². The Bertz CT molecular complexity index is 35.3. The van der Waals surface area contributed by atoms with Gasteiger partial charge in [-0.3, -0.25) is 0 Å². The molecular weight excluding hydrogens is 78.1 g/mol. The predicted molar refractivity (Wildman–Crippen MR) is 23.5 cm³/mol.